The second-order valence-corrected chi connectivity index (χ2v) is 11.9. The van der Waals surface area contributed by atoms with Gasteiger partial charge < -0.3 is 0 Å². The number of halogens is 3. The Hall–Kier alpha value is -1.75. The molecule has 1 fully saturated rings. The Bertz CT molecular complexity index is 1600. The van der Waals surface area contributed by atoms with Gasteiger partial charge in [-0.3, -0.25) is 0 Å². The van der Waals surface area contributed by atoms with Crippen molar-refractivity contribution in [3.05, 3.63) is 85.2 Å². The lowest BCUT2D eigenvalue weighted by molar-refractivity contribution is 0.721. The van der Waals surface area contributed by atoms with Crippen LogP contribution in [-0.2, 0) is 0 Å². The topological polar surface area (TPSA) is 12.9 Å². The van der Waals surface area contributed by atoms with Gasteiger partial charge >= 0.3 is 0 Å². The van der Waals surface area contributed by atoms with Gasteiger partial charge in [-0.1, -0.05) is 72.1 Å². The van der Waals surface area contributed by atoms with E-state index < -0.39 is 0 Å². The third-order valence-corrected chi connectivity index (χ3v) is 8.88. The molecular formula is C28H18Br3N. The summed E-state index contributed by atoms with van der Waals surface area (Å²) in [7, 11) is 0. The highest BCUT2D eigenvalue weighted by Crippen LogP contribution is 2.58. The first-order valence-corrected chi connectivity index (χ1v) is 13.4. The van der Waals surface area contributed by atoms with Gasteiger partial charge in [0, 0.05) is 29.8 Å². The van der Waals surface area contributed by atoms with Crippen molar-refractivity contribution in [2.24, 2.45) is 0 Å². The Morgan fingerprint density at radius 2 is 1.31 bits per heavy atom. The third kappa shape index (κ3) is 2.76. The van der Waals surface area contributed by atoms with E-state index in [1.165, 1.54) is 63.0 Å². The van der Waals surface area contributed by atoms with Gasteiger partial charge in [-0.2, -0.15) is 0 Å². The highest BCUT2D eigenvalue weighted by atomic mass is 79.9. The zero-order valence-corrected chi connectivity index (χ0v) is 21.9. The first-order valence-electron chi connectivity index (χ1n) is 11.0. The average molecular weight is 608 g/mol. The van der Waals surface area contributed by atoms with Crippen molar-refractivity contribution in [2.45, 2.75) is 31.1 Å². The zero-order chi connectivity index (χ0) is 21.6. The van der Waals surface area contributed by atoms with Gasteiger partial charge in [-0.25, -0.2) is 4.98 Å². The van der Waals surface area contributed by atoms with Gasteiger partial charge in [0.05, 0.1) is 11.2 Å². The number of rotatable bonds is 1. The molecule has 5 aromatic rings. The summed E-state index contributed by atoms with van der Waals surface area (Å²) >= 11 is 11.1. The fourth-order valence-electron chi connectivity index (χ4n) is 6.19. The van der Waals surface area contributed by atoms with E-state index in [-0.39, 0.29) is 0 Å². The van der Waals surface area contributed by atoms with Crippen molar-refractivity contribution in [1.29, 1.82) is 0 Å². The van der Waals surface area contributed by atoms with Gasteiger partial charge in [0.15, 0.2) is 0 Å². The summed E-state index contributed by atoms with van der Waals surface area (Å²) in [5, 5.41) is 6.48. The molecule has 2 bridgehead atoms. The molecule has 4 heteroatoms. The van der Waals surface area contributed by atoms with Crippen LogP contribution >= 0.6 is 47.8 Å². The van der Waals surface area contributed by atoms with Crippen molar-refractivity contribution in [3.8, 4) is 11.3 Å². The van der Waals surface area contributed by atoms with Crippen LogP contribution in [0.15, 0.2) is 74.1 Å². The molecule has 0 amide bonds. The molecule has 156 valence electrons. The molecule has 0 aliphatic heterocycles. The van der Waals surface area contributed by atoms with Crippen LogP contribution in [0.25, 0.3) is 43.7 Å². The van der Waals surface area contributed by atoms with E-state index in [4.69, 9.17) is 4.98 Å². The van der Waals surface area contributed by atoms with E-state index in [9.17, 15) is 0 Å². The molecule has 0 saturated heterocycles. The number of nitrogens with zero attached hydrogens (tertiary/aromatic N) is 1. The lowest BCUT2D eigenvalue weighted by Crippen LogP contribution is -2.05. The molecule has 1 aromatic heterocycles. The van der Waals surface area contributed by atoms with E-state index in [0.29, 0.717) is 11.8 Å². The molecule has 2 atom stereocenters. The molecule has 2 aliphatic rings. The summed E-state index contributed by atoms with van der Waals surface area (Å²) in [5.41, 5.74) is 6.61. The van der Waals surface area contributed by atoms with Gasteiger partial charge in [-0.05, 0) is 94.8 Å². The molecule has 7 rings (SSSR count). The van der Waals surface area contributed by atoms with Crippen LogP contribution < -0.4 is 0 Å². The van der Waals surface area contributed by atoms with Gasteiger partial charge in [-0.15, -0.1) is 0 Å². The van der Waals surface area contributed by atoms with Crippen molar-refractivity contribution < 1.29 is 0 Å². The first-order chi connectivity index (χ1) is 15.6. The maximum Gasteiger partial charge on any atom is 0.0797 e. The largest absolute Gasteiger partial charge is 0.247 e. The minimum absolute atomic E-state index is 0.631. The highest BCUT2D eigenvalue weighted by molar-refractivity contribution is 9.11. The molecular weight excluding hydrogens is 590 g/mol. The molecule has 32 heavy (non-hydrogen) atoms. The molecule has 2 unspecified atom stereocenters. The number of fused-ring (bicyclic) bond motifs is 12. The summed E-state index contributed by atoms with van der Waals surface area (Å²) in [5.74, 6) is 1.28. The fourth-order valence-corrected chi connectivity index (χ4v) is 7.31. The molecule has 0 N–H and O–H groups in total. The van der Waals surface area contributed by atoms with E-state index in [1.807, 2.05) is 0 Å². The number of hydrogen-bond donors (Lipinski definition) is 0. The Morgan fingerprint density at radius 3 is 2.06 bits per heavy atom. The number of pyridine rings is 1. The summed E-state index contributed by atoms with van der Waals surface area (Å²) in [6.45, 7) is 0. The van der Waals surface area contributed by atoms with Gasteiger partial charge in [0.25, 0.3) is 0 Å². The minimum Gasteiger partial charge on any atom is -0.247 e. The van der Waals surface area contributed by atoms with Crippen LogP contribution in [-0.4, -0.2) is 4.98 Å². The van der Waals surface area contributed by atoms with Crippen LogP contribution in [0.1, 0.15) is 42.2 Å². The SMILES string of the molecule is Brc1cccc(-c2nc3c4ccc(Br)cc4c4cc(Br)ccc4c3c3c2C2CCC3C2)c1. The van der Waals surface area contributed by atoms with Crippen molar-refractivity contribution in [1.82, 2.24) is 4.98 Å². The van der Waals surface area contributed by atoms with Crippen molar-refractivity contribution in [2.75, 3.05) is 0 Å². The summed E-state index contributed by atoms with van der Waals surface area (Å²) < 4.78 is 3.31. The third-order valence-electron chi connectivity index (χ3n) is 7.40. The Kier molecular flexibility index (Phi) is 4.38. The van der Waals surface area contributed by atoms with E-state index in [2.05, 4.69) is 108 Å². The van der Waals surface area contributed by atoms with E-state index in [0.717, 1.165) is 18.9 Å². The van der Waals surface area contributed by atoms with Gasteiger partial charge in [0.1, 0.15) is 0 Å². The number of aromatic nitrogens is 1. The predicted molar refractivity (Wildman–Crippen MR) is 145 cm³/mol. The molecule has 4 aromatic carbocycles. The quantitative estimate of drug-likeness (QED) is 0.173. The van der Waals surface area contributed by atoms with Crippen molar-refractivity contribution in [3.63, 3.8) is 0 Å². The maximum absolute atomic E-state index is 5.46. The average Bonchev–Trinajstić information content (AvgIpc) is 3.41. The monoisotopic (exact) mass is 605 g/mol. The Labute approximate surface area is 211 Å². The van der Waals surface area contributed by atoms with Gasteiger partial charge in [0.2, 0.25) is 0 Å². The molecule has 1 nitrogen and oxygen atoms in total. The van der Waals surface area contributed by atoms with Crippen LogP contribution in [0.3, 0.4) is 0 Å². The standard InChI is InChI=1S/C28H18Br3N/c29-17-3-1-2-16(11-17)27-25-15-5-4-14(10-15)24(25)26-20-8-6-18(30)12-22(20)23-13-19(31)7-9-21(23)28(26)32-27/h1-3,6-9,11-15H,4-5,10H2. The maximum atomic E-state index is 5.46. The first kappa shape index (κ1) is 19.7. The normalized spacial score (nSPS) is 19.3. The predicted octanol–water partition coefficient (Wildman–Crippen LogP) is 9.86. The van der Waals surface area contributed by atoms with E-state index >= 15 is 0 Å². The Balaban J connectivity index is 1.74. The summed E-state index contributed by atoms with van der Waals surface area (Å²) in [6, 6.07) is 22.0. The lowest BCUT2D eigenvalue weighted by Gasteiger charge is -2.23. The van der Waals surface area contributed by atoms with Crippen LogP contribution in [0.5, 0.6) is 0 Å². The molecule has 1 heterocycles. The highest BCUT2D eigenvalue weighted by Gasteiger charge is 2.41. The second-order valence-electron chi connectivity index (χ2n) is 9.11. The number of benzene rings is 4. The van der Waals surface area contributed by atoms with Crippen LogP contribution in [0, 0.1) is 0 Å². The molecule has 0 radical (unpaired) electrons. The van der Waals surface area contributed by atoms with Crippen LogP contribution in [0.2, 0.25) is 0 Å². The van der Waals surface area contributed by atoms with Crippen molar-refractivity contribution >= 4 is 80.2 Å². The second kappa shape index (κ2) is 7.12. The molecule has 0 spiro atoms. The zero-order valence-electron chi connectivity index (χ0n) is 17.1. The lowest BCUT2D eigenvalue weighted by atomic mass is 9.83. The Morgan fingerprint density at radius 1 is 0.656 bits per heavy atom. The fraction of sp³-hybridized carbons (Fsp3) is 0.179. The summed E-state index contributed by atoms with van der Waals surface area (Å²) in [4.78, 5) is 5.46. The minimum atomic E-state index is 0.631. The number of hydrogen-bond acceptors (Lipinski definition) is 1. The molecule has 1 saturated carbocycles. The molecule has 2 aliphatic carbocycles. The summed E-state index contributed by atoms with van der Waals surface area (Å²) in [6.07, 6.45) is 3.86. The smallest absolute Gasteiger partial charge is 0.0797 e. The van der Waals surface area contributed by atoms with Crippen LogP contribution in [0.4, 0.5) is 0 Å². The van der Waals surface area contributed by atoms with E-state index in [1.54, 1.807) is 5.56 Å².